The molecule has 1 aromatic heterocycles. The number of phenolic OH excluding ortho intramolecular Hbond substituents is 2. The van der Waals surface area contributed by atoms with Crippen molar-refractivity contribution in [2.75, 3.05) is 6.54 Å². The van der Waals surface area contributed by atoms with Crippen LogP contribution in [-0.2, 0) is 6.42 Å². The largest absolute Gasteiger partial charge is 0.508 e. The van der Waals surface area contributed by atoms with Crippen molar-refractivity contribution in [3.8, 4) is 11.5 Å². The van der Waals surface area contributed by atoms with Crippen molar-refractivity contribution in [2.24, 2.45) is 0 Å². The number of benzene rings is 1. The van der Waals surface area contributed by atoms with Gasteiger partial charge in [0.25, 0.3) is 0 Å². The summed E-state index contributed by atoms with van der Waals surface area (Å²) in [5.74, 6) is 1.27. The molecule has 18 heavy (non-hydrogen) atoms. The van der Waals surface area contributed by atoms with E-state index in [0.29, 0.717) is 5.56 Å². The van der Waals surface area contributed by atoms with Crippen LogP contribution in [0.25, 0.3) is 0 Å². The molecule has 0 bridgehead atoms. The highest BCUT2D eigenvalue weighted by Crippen LogP contribution is 2.27. The number of nitrogens with one attached hydrogen (secondary N) is 1. The molecule has 0 saturated carbocycles. The van der Waals surface area contributed by atoms with Crippen LogP contribution in [0.1, 0.15) is 24.3 Å². The van der Waals surface area contributed by atoms with Crippen molar-refractivity contribution in [1.29, 1.82) is 0 Å². The Morgan fingerprint density at radius 2 is 2.11 bits per heavy atom. The Bertz CT molecular complexity index is 494. The fraction of sp³-hybridized carbons (Fsp3) is 0.286. The van der Waals surface area contributed by atoms with Crippen molar-refractivity contribution >= 4 is 0 Å². The molecule has 3 N–H and O–H groups in total. The maximum atomic E-state index is 9.72. The fourth-order valence-corrected chi connectivity index (χ4v) is 1.87. The van der Waals surface area contributed by atoms with Crippen molar-refractivity contribution in [2.45, 2.75) is 19.4 Å². The summed E-state index contributed by atoms with van der Waals surface area (Å²) in [6.45, 7) is 2.68. The highest BCUT2D eigenvalue weighted by atomic mass is 16.3. The predicted octanol–water partition coefficient (Wildman–Crippen LogP) is 2.58. The molecule has 0 fully saturated rings. The molecular formula is C14H17NO3. The Kier molecular flexibility index (Phi) is 3.89. The van der Waals surface area contributed by atoms with Gasteiger partial charge in [-0.25, -0.2) is 0 Å². The van der Waals surface area contributed by atoms with Gasteiger partial charge >= 0.3 is 0 Å². The van der Waals surface area contributed by atoms with E-state index in [1.807, 2.05) is 19.1 Å². The lowest BCUT2D eigenvalue weighted by Crippen LogP contribution is -2.21. The Labute approximate surface area is 106 Å². The third kappa shape index (κ3) is 3.05. The molecule has 0 amide bonds. The van der Waals surface area contributed by atoms with E-state index >= 15 is 0 Å². The van der Waals surface area contributed by atoms with Gasteiger partial charge in [0.1, 0.15) is 17.3 Å². The Hall–Kier alpha value is -1.94. The first-order valence-electron chi connectivity index (χ1n) is 5.94. The number of aromatic hydroxyl groups is 2. The van der Waals surface area contributed by atoms with Crippen molar-refractivity contribution in [3.63, 3.8) is 0 Å². The van der Waals surface area contributed by atoms with Crippen LogP contribution in [0.4, 0.5) is 0 Å². The van der Waals surface area contributed by atoms with Gasteiger partial charge in [-0.05, 0) is 37.3 Å². The SMILES string of the molecule is CC(NCCc1ccco1)c1cc(O)ccc1O. The number of rotatable bonds is 5. The van der Waals surface area contributed by atoms with Crippen LogP contribution in [0.3, 0.4) is 0 Å². The Morgan fingerprint density at radius 1 is 1.28 bits per heavy atom. The van der Waals surface area contributed by atoms with E-state index < -0.39 is 0 Å². The monoisotopic (exact) mass is 247 g/mol. The molecule has 0 aliphatic heterocycles. The predicted molar refractivity (Wildman–Crippen MR) is 68.6 cm³/mol. The van der Waals surface area contributed by atoms with Gasteiger partial charge in [0.05, 0.1) is 6.26 Å². The molecule has 1 unspecified atom stereocenters. The van der Waals surface area contributed by atoms with Gasteiger partial charge in [0.15, 0.2) is 0 Å². The van der Waals surface area contributed by atoms with Crippen molar-refractivity contribution in [1.82, 2.24) is 5.32 Å². The van der Waals surface area contributed by atoms with Crippen LogP contribution < -0.4 is 5.32 Å². The average Bonchev–Trinajstić information content (AvgIpc) is 2.85. The first kappa shape index (κ1) is 12.5. The van der Waals surface area contributed by atoms with Crippen LogP contribution in [0.15, 0.2) is 41.0 Å². The second-order valence-corrected chi connectivity index (χ2v) is 4.25. The van der Waals surface area contributed by atoms with E-state index in [1.54, 1.807) is 12.3 Å². The minimum atomic E-state index is -0.0351. The molecule has 0 spiro atoms. The molecular weight excluding hydrogens is 230 g/mol. The molecule has 1 heterocycles. The van der Waals surface area contributed by atoms with Gasteiger partial charge in [-0.2, -0.15) is 0 Å². The summed E-state index contributed by atoms with van der Waals surface area (Å²) in [6, 6.07) is 8.29. The first-order valence-corrected chi connectivity index (χ1v) is 5.94. The van der Waals surface area contributed by atoms with Gasteiger partial charge in [-0.3, -0.25) is 0 Å². The maximum absolute atomic E-state index is 9.72. The molecule has 96 valence electrons. The standard InChI is InChI=1S/C14H17NO3/c1-10(13-9-11(16)4-5-14(13)17)15-7-6-12-3-2-8-18-12/h2-5,8-10,15-17H,6-7H2,1H3. The van der Waals surface area contributed by atoms with Gasteiger partial charge in [-0.1, -0.05) is 0 Å². The van der Waals surface area contributed by atoms with Crippen LogP contribution in [0.5, 0.6) is 11.5 Å². The quantitative estimate of drug-likeness (QED) is 0.710. The Morgan fingerprint density at radius 3 is 2.83 bits per heavy atom. The number of hydrogen-bond donors (Lipinski definition) is 3. The lowest BCUT2D eigenvalue weighted by atomic mass is 10.1. The van der Waals surface area contributed by atoms with Crippen LogP contribution in [-0.4, -0.2) is 16.8 Å². The van der Waals surface area contributed by atoms with Gasteiger partial charge in [-0.15, -0.1) is 0 Å². The van der Waals surface area contributed by atoms with E-state index in [2.05, 4.69) is 5.32 Å². The third-order valence-corrected chi connectivity index (χ3v) is 2.88. The molecule has 1 aromatic carbocycles. The molecule has 0 aliphatic carbocycles. The summed E-state index contributed by atoms with van der Waals surface area (Å²) >= 11 is 0. The second kappa shape index (κ2) is 5.60. The molecule has 2 aromatic rings. The Balaban J connectivity index is 1.91. The number of phenols is 2. The van der Waals surface area contributed by atoms with Gasteiger partial charge < -0.3 is 19.9 Å². The van der Waals surface area contributed by atoms with E-state index in [4.69, 9.17) is 4.42 Å². The molecule has 2 rings (SSSR count). The first-order chi connectivity index (χ1) is 8.66. The summed E-state index contributed by atoms with van der Waals surface area (Å²) in [4.78, 5) is 0. The van der Waals surface area contributed by atoms with Gasteiger partial charge in [0, 0.05) is 24.6 Å². The molecule has 0 radical (unpaired) electrons. The van der Waals surface area contributed by atoms with Crippen LogP contribution >= 0.6 is 0 Å². The molecule has 4 heteroatoms. The van der Waals surface area contributed by atoms with E-state index in [1.165, 1.54) is 12.1 Å². The normalized spacial score (nSPS) is 12.5. The summed E-state index contributed by atoms with van der Waals surface area (Å²) < 4.78 is 5.23. The van der Waals surface area contributed by atoms with E-state index in [-0.39, 0.29) is 17.5 Å². The zero-order valence-corrected chi connectivity index (χ0v) is 10.3. The highest BCUT2D eigenvalue weighted by molar-refractivity contribution is 5.40. The van der Waals surface area contributed by atoms with Crippen LogP contribution in [0.2, 0.25) is 0 Å². The zero-order chi connectivity index (χ0) is 13.0. The van der Waals surface area contributed by atoms with E-state index in [0.717, 1.165) is 18.7 Å². The van der Waals surface area contributed by atoms with Gasteiger partial charge in [0.2, 0.25) is 0 Å². The molecule has 1 atom stereocenters. The summed E-state index contributed by atoms with van der Waals surface area (Å²) in [7, 11) is 0. The number of hydrogen-bond acceptors (Lipinski definition) is 4. The molecule has 4 nitrogen and oxygen atoms in total. The fourth-order valence-electron chi connectivity index (χ4n) is 1.87. The highest BCUT2D eigenvalue weighted by Gasteiger charge is 2.10. The van der Waals surface area contributed by atoms with Crippen LogP contribution in [0, 0.1) is 0 Å². The summed E-state index contributed by atoms with van der Waals surface area (Å²) in [5, 5.41) is 22.4. The van der Waals surface area contributed by atoms with Crippen molar-refractivity contribution in [3.05, 3.63) is 47.9 Å². The van der Waals surface area contributed by atoms with E-state index in [9.17, 15) is 10.2 Å². The minimum absolute atomic E-state index is 0.0351. The van der Waals surface area contributed by atoms with Crippen molar-refractivity contribution < 1.29 is 14.6 Å². The lowest BCUT2D eigenvalue weighted by molar-refractivity contribution is 0.438. The maximum Gasteiger partial charge on any atom is 0.120 e. The third-order valence-electron chi connectivity index (χ3n) is 2.88. The minimum Gasteiger partial charge on any atom is -0.508 e. The second-order valence-electron chi connectivity index (χ2n) is 4.25. The average molecular weight is 247 g/mol. The molecule has 0 saturated heterocycles. The molecule has 0 aliphatic rings. The zero-order valence-electron chi connectivity index (χ0n) is 10.3. The lowest BCUT2D eigenvalue weighted by Gasteiger charge is -2.15. The smallest absolute Gasteiger partial charge is 0.120 e. The summed E-state index contributed by atoms with van der Waals surface area (Å²) in [5.41, 5.74) is 0.689. The topological polar surface area (TPSA) is 65.6 Å². The summed E-state index contributed by atoms with van der Waals surface area (Å²) in [6.07, 6.45) is 2.44. The number of furan rings is 1.